The molecule has 3 heterocycles. The SMILES string of the molecule is O=C(Nc1ncn[nH]1)c1cc(N2CCOCC2)ncn1. The van der Waals surface area contributed by atoms with Crippen molar-refractivity contribution in [3.05, 3.63) is 24.4 Å². The molecule has 104 valence electrons. The fourth-order valence-electron chi connectivity index (χ4n) is 1.87. The van der Waals surface area contributed by atoms with Crippen LogP contribution in [0.3, 0.4) is 0 Å². The van der Waals surface area contributed by atoms with Gasteiger partial charge >= 0.3 is 0 Å². The van der Waals surface area contributed by atoms with Gasteiger partial charge in [0.1, 0.15) is 24.2 Å². The Morgan fingerprint density at radius 1 is 1.25 bits per heavy atom. The van der Waals surface area contributed by atoms with Crippen LogP contribution < -0.4 is 10.2 Å². The summed E-state index contributed by atoms with van der Waals surface area (Å²) >= 11 is 0. The van der Waals surface area contributed by atoms with Gasteiger partial charge < -0.3 is 9.64 Å². The number of aromatic nitrogens is 5. The van der Waals surface area contributed by atoms with E-state index in [1.54, 1.807) is 6.07 Å². The minimum absolute atomic E-state index is 0.276. The largest absolute Gasteiger partial charge is 0.378 e. The highest BCUT2D eigenvalue weighted by Gasteiger charge is 2.16. The standard InChI is InChI=1S/C11H13N7O2/c19-10(16-11-14-7-15-17-11)8-5-9(13-6-12-8)18-1-3-20-4-2-18/h5-7H,1-4H2,(H2,14,15,16,17,19). The molecule has 0 aromatic carbocycles. The number of carbonyl (C=O) groups is 1. The summed E-state index contributed by atoms with van der Waals surface area (Å²) in [6.07, 6.45) is 2.69. The number of ether oxygens (including phenoxy) is 1. The molecule has 9 nitrogen and oxygen atoms in total. The molecule has 1 amide bonds. The molecule has 2 aromatic rings. The lowest BCUT2D eigenvalue weighted by Gasteiger charge is -2.27. The first-order valence-electron chi connectivity index (χ1n) is 6.14. The van der Waals surface area contributed by atoms with Crippen LogP contribution in [0.4, 0.5) is 11.8 Å². The summed E-state index contributed by atoms with van der Waals surface area (Å²) in [5.41, 5.74) is 0.276. The number of morpholine rings is 1. The number of nitrogens with one attached hydrogen (secondary N) is 2. The first-order valence-corrected chi connectivity index (χ1v) is 6.14. The van der Waals surface area contributed by atoms with Gasteiger partial charge in [-0.2, -0.15) is 10.1 Å². The molecule has 20 heavy (non-hydrogen) atoms. The molecule has 0 saturated carbocycles. The average Bonchev–Trinajstić information content (AvgIpc) is 3.01. The van der Waals surface area contributed by atoms with Gasteiger partial charge in [-0.1, -0.05) is 0 Å². The lowest BCUT2D eigenvalue weighted by atomic mass is 10.3. The molecule has 2 aromatic heterocycles. The lowest BCUT2D eigenvalue weighted by Crippen LogP contribution is -2.37. The number of hydrogen-bond donors (Lipinski definition) is 2. The van der Waals surface area contributed by atoms with Gasteiger partial charge in [0.05, 0.1) is 13.2 Å². The Hall–Kier alpha value is -2.55. The molecule has 0 radical (unpaired) electrons. The molecule has 0 atom stereocenters. The molecule has 1 aliphatic rings. The van der Waals surface area contributed by atoms with Crippen LogP contribution in [0.1, 0.15) is 10.5 Å². The van der Waals surface area contributed by atoms with Gasteiger partial charge in [-0.05, 0) is 0 Å². The predicted molar refractivity (Wildman–Crippen MR) is 69.4 cm³/mol. The van der Waals surface area contributed by atoms with Crippen molar-refractivity contribution >= 4 is 17.7 Å². The third kappa shape index (κ3) is 2.72. The lowest BCUT2D eigenvalue weighted by molar-refractivity contribution is 0.102. The van der Waals surface area contributed by atoms with Crippen molar-refractivity contribution in [3.8, 4) is 0 Å². The molecular weight excluding hydrogens is 262 g/mol. The van der Waals surface area contributed by atoms with Gasteiger partial charge in [0.2, 0.25) is 5.95 Å². The number of aromatic amines is 1. The maximum atomic E-state index is 12.0. The van der Waals surface area contributed by atoms with Gasteiger partial charge in [-0.15, -0.1) is 0 Å². The Kier molecular flexibility index (Phi) is 3.50. The highest BCUT2D eigenvalue weighted by Crippen LogP contribution is 2.13. The molecule has 1 saturated heterocycles. The third-order valence-electron chi connectivity index (χ3n) is 2.87. The summed E-state index contributed by atoms with van der Waals surface area (Å²) in [4.78, 5) is 26.0. The van der Waals surface area contributed by atoms with Gasteiger partial charge in [0, 0.05) is 19.2 Å². The smallest absolute Gasteiger partial charge is 0.276 e. The highest BCUT2D eigenvalue weighted by molar-refractivity contribution is 6.02. The zero-order valence-corrected chi connectivity index (χ0v) is 10.6. The second-order valence-corrected chi connectivity index (χ2v) is 4.15. The van der Waals surface area contributed by atoms with E-state index in [9.17, 15) is 4.79 Å². The van der Waals surface area contributed by atoms with Crippen LogP contribution >= 0.6 is 0 Å². The fraction of sp³-hybridized carbons (Fsp3) is 0.364. The third-order valence-corrected chi connectivity index (χ3v) is 2.87. The number of H-pyrrole nitrogens is 1. The maximum absolute atomic E-state index is 12.0. The normalized spacial score (nSPS) is 15.1. The summed E-state index contributed by atoms with van der Waals surface area (Å²) in [5.74, 6) is 0.631. The summed E-state index contributed by atoms with van der Waals surface area (Å²) in [6, 6.07) is 1.65. The monoisotopic (exact) mass is 275 g/mol. The van der Waals surface area contributed by atoms with Crippen LogP contribution in [0.15, 0.2) is 18.7 Å². The van der Waals surface area contributed by atoms with Crippen molar-refractivity contribution in [1.82, 2.24) is 25.1 Å². The number of rotatable bonds is 3. The summed E-state index contributed by atoms with van der Waals surface area (Å²) < 4.78 is 5.29. The number of anilines is 2. The summed E-state index contributed by atoms with van der Waals surface area (Å²) in [7, 11) is 0. The number of carbonyl (C=O) groups excluding carboxylic acids is 1. The van der Waals surface area contributed by atoms with E-state index in [2.05, 4.69) is 35.4 Å². The molecule has 1 fully saturated rings. The van der Waals surface area contributed by atoms with Crippen molar-refractivity contribution in [2.24, 2.45) is 0 Å². The van der Waals surface area contributed by atoms with Crippen LogP contribution in [0, 0.1) is 0 Å². The van der Waals surface area contributed by atoms with Crippen molar-refractivity contribution in [1.29, 1.82) is 0 Å². The Morgan fingerprint density at radius 3 is 2.85 bits per heavy atom. The van der Waals surface area contributed by atoms with Crippen LogP contribution in [0.25, 0.3) is 0 Å². The first kappa shape index (κ1) is 12.5. The van der Waals surface area contributed by atoms with Gasteiger partial charge in [-0.3, -0.25) is 10.1 Å². The molecule has 1 aliphatic heterocycles. The predicted octanol–water partition coefficient (Wildman–Crippen LogP) is -0.316. The number of amides is 1. The molecular formula is C11H13N7O2. The second kappa shape index (κ2) is 5.61. The van der Waals surface area contributed by atoms with E-state index >= 15 is 0 Å². The highest BCUT2D eigenvalue weighted by atomic mass is 16.5. The average molecular weight is 275 g/mol. The Morgan fingerprint density at radius 2 is 2.10 bits per heavy atom. The van der Waals surface area contributed by atoms with E-state index in [1.807, 2.05) is 0 Å². The second-order valence-electron chi connectivity index (χ2n) is 4.15. The van der Waals surface area contributed by atoms with Crippen LogP contribution in [-0.2, 0) is 4.74 Å². The maximum Gasteiger partial charge on any atom is 0.276 e. The Balaban J connectivity index is 1.74. The van der Waals surface area contributed by atoms with Gasteiger partial charge in [0.15, 0.2) is 0 Å². The Bertz CT molecular complexity index is 580. The van der Waals surface area contributed by atoms with E-state index in [4.69, 9.17) is 4.74 Å². The molecule has 0 aliphatic carbocycles. The van der Waals surface area contributed by atoms with E-state index < -0.39 is 0 Å². The minimum Gasteiger partial charge on any atom is -0.378 e. The first-order chi connectivity index (χ1) is 9.83. The molecule has 0 bridgehead atoms. The van der Waals surface area contributed by atoms with E-state index in [-0.39, 0.29) is 17.5 Å². The topological polar surface area (TPSA) is 109 Å². The fourth-order valence-corrected chi connectivity index (χ4v) is 1.87. The van der Waals surface area contributed by atoms with Gasteiger partial charge in [-0.25, -0.2) is 15.1 Å². The molecule has 2 N–H and O–H groups in total. The summed E-state index contributed by atoms with van der Waals surface area (Å²) in [5, 5.41) is 8.77. The molecule has 0 spiro atoms. The van der Waals surface area contributed by atoms with E-state index in [0.29, 0.717) is 19.0 Å². The van der Waals surface area contributed by atoms with Crippen molar-refractivity contribution in [3.63, 3.8) is 0 Å². The number of hydrogen-bond acceptors (Lipinski definition) is 7. The van der Waals surface area contributed by atoms with Crippen LogP contribution in [-0.4, -0.2) is 57.4 Å². The number of nitrogens with zero attached hydrogens (tertiary/aromatic N) is 5. The van der Waals surface area contributed by atoms with Crippen molar-refractivity contribution in [2.45, 2.75) is 0 Å². The summed E-state index contributed by atoms with van der Waals surface area (Å²) in [6.45, 7) is 2.81. The molecule has 3 rings (SSSR count). The quantitative estimate of drug-likeness (QED) is 0.790. The molecule has 9 heteroatoms. The minimum atomic E-state index is -0.362. The van der Waals surface area contributed by atoms with Crippen LogP contribution in [0.5, 0.6) is 0 Å². The molecule has 0 unspecified atom stereocenters. The van der Waals surface area contributed by atoms with Crippen molar-refractivity contribution < 1.29 is 9.53 Å². The van der Waals surface area contributed by atoms with Crippen molar-refractivity contribution in [2.75, 3.05) is 36.5 Å². The van der Waals surface area contributed by atoms with E-state index in [1.165, 1.54) is 12.7 Å². The van der Waals surface area contributed by atoms with E-state index in [0.717, 1.165) is 13.1 Å². The van der Waals surface area contributed by atoms with Gasteiger partial charge in [0.25, 0.3) is 5.91 Å². The zero-order valence-electron chi connectivity index (χ0n) is 10.6. The van der Waals surface area contributed by atoms with Crippen LogP contribution in [0.2, 0.25) is 0 Å². The zero-order chi connectivity index (χ0) is 13.8. The Labute approximate surface area is 114 Å².